The molecule has 0 unspecified atom stereocenters. The number of nitrogens with one attached hydrogen (secondary N) is 2. The molecule has 8 heteroatoms. The molecule has 33 heavy (non-hydrogen) atoms. The van der Waals surface area contributed by atoms with Crippen molar-refractivity contribution in [2.75, 3.05) is 13.6 Å². The number of imidazole rings is 1. The Morgan fingerprint density at radius 1 is 1.00 bits per heavy atom. The van der Waals surface area contributed by atoms with Crippen LogP contribution in [0.25, 0.3) is 16.7 Å². The standard InChI is InChI=1S/C25H31N7.HI/c1-18-16-19(2)32(30-18)23-12-7-5-10-21(23)17-28-25(26-4)27-14-9-15-31-20(3)29-22-11-6-8-13-24(22)31;/h5-8,10-13,16H,9,14-15,17H2,1-4H3,(H2,26,27,28);1H. The summed E-state index contributed by atoms with van der Waals surface area (Å²) in [5.41, 5.74) is 6.64. The molecule has 0 spiro atoms. The van der Waals surface area contributed by atoms with Crippen LogP contribution in [-0.2, 0) is 13.1 Å². The average Bonchev–Trinajstić information content (AvgIpc) is 3.30. The molecule has 0 atom stereocenters. The van der Waals surface area contributed by atoms with Crippen molar-refractivity contribution < 1.29 is 0 Å². The molecule has 0 bridgehead atoms. The molecule has 2 aromatic carbocycles. The third kappa shape index (κ3) is 5.73. The third-order valence-corrected chi connectivity index (χ3v) is 5.60. The largest absolute Gasteiger partial charge is 0.356 e. The van der Waals surface area contributed by atoms with E-state index in [-0.39, 0.29) is 24.0 Å². The van der Waals surface area contributed by atoms with Gasteiger partial charge in [-0.05, 0) is 57.0 Å². The molecule has 0 saturated carbocycles. The minimum atomic E-state index is 0. The first kappa shape index (κ1) is 24.8. The predicted octanol–water partition coefficient (Wildman–Crippen LogP) is 4.52. The zero-order valence-corrected chi connectivity index (χ0v) is 22.0. The fraction of sp³-hybridized carbons (Fsp3) is 0.320. The Balaban J connectivity index is 0.00000306. The Labute approximate surface area is 212 Å². The lowest BCUT2D eigenvalue weighted by atomic mass is 10.1. The second-order valence-corrected chi connectivity index (χ2v) is 7.97. The molecular formula is C25H32IN7. The van der Waals surface area contributed by atoms with Gasteiger partial charge in [0.1, 0.15) is 5.82 Å². The maximum Gasteiger partial charge on any atom is 0.191 e. The number of guanidine groups is 1. The van der Waals surface area contributed by atoms with Crippen LogP contribution >= 0.6 is 24.0 Å². The number of aliphatic imine (C=N–C) groups is 1. The van der Waals surface area contributed by atoms with Gasteiger partial charge in [0.25, 0.3) is 0 Å². The van der Waals surface area contributed by atoms with Crippen molar-refractivity contribution in [3.05, 3.63) is 77.4 Å². The molecule has 0 aliphatic carbocycles. The van der Waals surface area contributed by atoms with Gasteiger partial charge in [0.2, 0.25) is 0 Å². The van der Waals surface area contributed by atoms with E-state index in [9.17, 15) is 0 Å². The Morgan fingerprint density at radius 2 is 1.76 bits per heavy atom. The second kappa shape index (κ2) is 11.3. The predicted molar refractivity (Wildman–Crippen MR) is 146 cm³/mol. The summed E-state index contributed by atoms with van der Waals surface area (Å²) in [6, 6.07) is 18.7. The smallest absolute Gasteiger partial charge is 0.191 e. The summed E-state index contributed by atoms with van der Waals surface area (Å²) in [6.07, 6.45) is 0.976. The van der Waals surface area contributed by atoms with Crippen LogP contribution in [0.5, 0.6) is 0 Å². The fourth-order valence-corrected chi connectivity index (χ4v) is 4.06. The second-order valence-electron chi connectivity index (χ2n) is 7.97. The number of hydrogen-bond acceptors (Lipinski definition) is 3. The first-order valence-electron chi connectivity index (χ1n) is 11.0. The molecule has 2 aromatic heterocycles. The van der Waals surface area contributed by atoms with Gasteiger partial charge in [-0.1, -0.05) is 30.3 Å². The third-order valence-electron chi connectivity index (χ3n) is 5.60. The molecule has 0 fully saturated rings. The lowest BCUT2D eigenvalue weighted by Gasteiger charge is -2.15. The van der Waals surface area contributed by atoms with Crippen LogP contribution in [0.2, 0.25) is 0 Å². The molecule has 4 rings (SSSR count). The summed E-state index contributed by atoms with van der Waals surface area (Å²) in [7, 11) is 1.80. The quantitative estimate of drug-likeness (QED) is 0.152. The zero-order chi connectivity index (χ0) is 22.5. The summed E-state index contributed by atoms with van der Waals surface area (Å²) < 4.78 is 4.28. The van der Waals surface area contributed by atoms with Gasteiger partial charge in [0.05, 0.1) is 22.4 Å². The normalized spacial score (nSPS) is 11.5. The minimum Gasteiger partial charge on any atom is -0.356 e. The molecular weight excluding hydrogens is 525 g/mol. The average molecular weight is 557 g/mol. The van der Waals surface area contributed by atoms with Crippen LogP contribution in [0.3, 0.4) is 0 Å². The fourth-order valence-electron chi connectivity index (χ4n) is 4.06. The van der Waals surface area contributed by atoms with Crippen molar-refractivity contribution in [1.29, 1.82) is 0 Å². The van der Waals surface area contributed by atoms with Gasteiger partial charge in [0, 0.05) is 32.4 Å². The topological polar surface area (TPSA) is 72.1 Å². The van der Waals surface area contributed by atoms with E-state index in [1.807, 2.05) is 23.7 Å². The highest BCUT2D eigenvalue weighted by molar-refractivity contribution is 14.0. The zero-order valence-electron chi connectivity index (χ0n) is 19.7. The van der Waals surface area contributed by atoms with Gasteiger partial charge in [0.15, 0.2) is 5.96 Å². The summed E-state index contributed by atoms with van der Waals surface area (Å²) in [5, 5.41) is 11.5. The van der Waals surface area contributed by atoms with E-state index in [1.165, 1.54) is 11.1 Å². The van der Waals surface area contributed by atoms with Crippen molar-refractivity contribution in [3.8, 4) is 5.69 Å². The van der Waals surface area contributed by atoms with Gasteiger partial charge in [-0.2, -0.15) is 5.10 Å². The van der Waals surface area contributed by atoms with Crippen LogP contribution in [0, 0.1) is 20.8 Å². The molecule has 0 radical (unpaired) electrons. The summed E-state index contributed by atoms with van der Waals surface area (Å²) in [5.74, 6) is 1.84. The Morgan fingerprint density at radius 3 is 2.52 bits per heavy atom. The minimum absolute atomic E-state index is 0. The molecule has 174 valence electrons. The summed E-state index contributed by atoms with van der Waals surface area (Å²) >= 11 is 0. The number of halogens is 1. The van der Waals surface area contributed by atoms with Crippen LogP contribution in [0.4, 0.5) is 0 Å². The van der Waals surface area contributed by atoms with Crippen molar-refractivity contribution in [3.63, 3.8) is 0 Å². The summed E-state index contributed by atoms with van der Waals surface area (Å²) in [6.45, 7) is 8.57. The van der Waals surface area contributed by atoms with E-state index in [4.69, 9.17) is 0 Å². The van der Waals surface area contributed by atoms with Crippen LogP contribution in [0.1, 0.15) is 29.2 Å². The van der Waals surface area contributed by atoms with Crippen molar-refractivity contribution in [1.82, 2.24) is 30.0 Å². The highest BCUT2D eigenvalue weighted by Crippen LogP contribution is 2.17. The van der Waals surface area contributed by atoms with Gasteiger partial charge in [-0.15, -0.1) is 24.0 Å². The maximum absolute atomic E-state index is 4.65. The maximum atomic E-state index is 4.65. The first-order valence-corrected chi connectivity index (χ1v) is 11.0. The molecule has 0 aliphatic rings. The van der Waals surface area contributed by atoms with Gasteiger partial charge in [-0.3, -0.25) is 4.99 Å². The summed E-state index contributed by atoms with van der Waals surface area (Å²) in [4.78, 5) is 9.03. The Bertz CT molecular complexity index is 1240. The van der Waals surface area contributed by atoms with Gasteiger partial charge >= 0.3 is 0 Å². The van der Waals surface area contributed by atoms with E-state index in [0.29, 0.717) is 6.54 Å². The van der Waals surface area contributed by atoms with Crippen molar-refractivity contribution in [2.24, 2.45) is 4.99 Å². The SMILES string of the molecule is CN=C(NCCCn1c(C)nc2ccccc21)NCc1ccccc1-n1nc(C)cc1C.I. The van der Waals surface area contributed by atoms with Gasteiger partial charge < -0.3 is 15.2 Å². The lowest BCUT2D eigenvalue weighted by molar-refractivity contribution is 0.624. The van der Waals surface area contributed by atoms with E-state index in [2.05, 4.69) is 86.6 Å². The molecule has 0 aliphatic heterocycles. The van der Waals surface area contributed by atoms with E-state index < -0.39 is 0 Å². The molecule has 4 aromatic rings. The Hall–Kier alpha value is -2.88. The number of nitrogens with zero attached hydrogens (tertiary/aromatic N) is 5. The molecule has 2 N–H and O–H groups in total. The number of aromatic nitrogens is 4. The number of para-hydroxylation sites is 3. The molecule has 7 nitrogen and oxygen atoms in total. The number of rotatable bonds is 7. The lowest BCUT2D eigenvalue weighted by Crippen LogP contribution is -2.37. The van der Waals surface area contributed by atoms with Crippen LogP contribution in [0.15, 0.2) is 59.6 Å². The number of aryl methyl sites for hydroxylation is 4. The number of hydrogen-bond donors (Lipinski definition) is 2. The highest BCUT2D eigenvalue weighted by Gasteiger charge is 2.10. The molecule has 0 saturated heterocycles. The van der Waals surface area contributed by atoms with Crippen molar-refractivity contribution in [2.45, 2.75) is 40.3 Å². The Kier molecular flexibility index (Phi) is 8.49. The number of benzene rings is 2. The van der Waals surface area contributed by atoms with E-state index >= 15 is 0 Å². The molecule has 2 heterocycles. The monoisotopic (exact) mass is 557 g/mol. The number of fused-ring (bicyclic) bond motifs is 1. The first-order chi connectivity index (χ1) is 15.6. The van der Waals surface area contributed by atoms with Gasteiger partial charge in [-0.25, -0.2) is 9.67 Å². The molecule has 0 amide bonds. The van der Waals surface area contributed by atoms with Crippen LogP contribution < -0.4 is 10.6 Å². The van der Waals surface area contributed by atoms with Crippen molar-refractivity contribution >= 4 is 41.0 Å². The van der Waals surface area contributed by atoms with E-state index in [0.717, 1.165) is 53.9 Å². The highest BCUT2D eigenvalue weighted by atomic mass is 127. The van der Waals surface area contributed by atoms with Crippen LogP contribution in [-0.4, -0.2) is 38.9 Å². The van der Waals surface area contributed by atoms with E-state index in [1.54, 1.807) is 7.05 Å².